The van der Waals surface area contributed by atoms with Crippen molar-refractivity contribution >= 4 is 35.3 Å². The van der Waals surface area contributed by atoms with Crippen LogP contribution in [-0.2, 0) is 9.53 Å². The summed E-state index contributed by atoms with van der Waals surface area (Å²) in [7, 11) is 0. The molecule has 0 unspecified atom stereocenters. The first-order valence-corrected chi connectivity index (χ1v) is 10.7. The van der Waals surface area contributed by atoms with Crippen LogP contribution >= 0.6 is 0 Å². The number of nitriles is 1. The molecular weight excluding hydrogens is 556 g/mol. The van der Waals surface area contributed by atoms with Crippen LogP contribution in [0.4, 0.5) is 10.5 Å². The normalized spacial score (nSPS) is 10.8. The number of hydrazone groups is 1. The molecule has 0 aliphatic carbocycles. The maximum absolute atomic E-state index is 12.4. The predicted molar refractivity (Wildman–Crippen MR) is 130 cm³/mol. The SMILES string of the molecule is CCOC(=O)NC(=O)/C(C#N)=N\Nc1cc(-n2nc(C(=O)O)c(=O)[nH]c2=O)cc(-n2nc(C(=O)O)c(=O)[nH]c2=O)c1. The summed E-state index contributed by atoms with van der Waals surface area (Å²) in [5.74, 6) is -4.91. The minimum absolute atomic E-state index is 0.0878. The Morgan fingerprint density at radius 1 is 0.951 bits per heavy atom. The minimum Gasteiger partial charge on any atom is -0.476 e. The molecule has 21 heteroatoms. The van der Waals surface area contributed by atoms with Crippen LogP contribution < -0.4 is 33.2 Å². The van der Waals surface area contributed by atoms with Gasteiger partial charge < -0.3 is 14.9 Å². The molecule has 2 heterocycles. The molecule has 21 nitrogen and oxygen atoms in total. The van der Waals surface area contributed by atoms with Crippen molar-refractivity contribution in [3.05, 3.63) is 71.3 Å². The zero-order valence-corrected chi connectivity index (χ0v) is 20.2. The maximum Gasteiger partial charge on any atom is 0.414 e. The number of rotatable bonds is 8. The second kappa shape index (κ2) is 11.8. The van der Waals surface area contributed by atoms with Gasteiger partial charge in [0.05, 0.1) is 23.7 Å². The summed E-state index contributed by atoms with van der Waals surface area (Å²) in [5.41, 5.74) is -7.17. The number of ether oxygens (including phenoxy) is 1. The average Bonchev–Trinajstić information content (AvgIpc) is 2.88. The molecule has 0 saturated heterocycles. The quantitative estimate of drug-likeness (QED) is 0.117. The van der Waals surface area contributed by atoms with E-state index in [0.717, 1.165) is 18.2 Å². The van der Waals surface area contributed by atoms with E-state index in [9.17, 15) is 53.8 Å². The Labute approximate surface area is 222 Å². The number of carbonyl (C=O) groups excluding carboxylic acids is 2. The van der Waals surface area contributed by atoms with Crippen molar-refractivity contribution in [3.8, 4) is 17.4 Å². The minimum atomic E-state index is -1.81. The molecule has 2 aromatic heterocycles. The van der Waals surface area contributed by atoms with Crippen LogP contribution in [0.3, 0.4) is 0 Å². The number of benzene rings is 1. The Balaban J connectivity index is 2.24. The lowest BCUT2D eigenvalue weighted by Crippen LogP contribution is -2.37. The van der Waals surface area contributed by atoms with Gasteiger partial charge in [0.1, 0.15) is 6.07 Å². The van der Waals surface area contributed by atoms with Crippen molar-refractivity contribution in [1.29, 1.82) is 5.26 Å². The summed E-state index contributed by atoms with van der Waals surface area (Å²) < 4.78 is 5.27. The first kappa shape index (κ1) is 28.8. The smallest absolute Gasteiger partial charge is 0.414 e. The maximum atomic E-state index is 12.4. The molecule has 0 saturated carbocycles. The molecule has 0 aliphatic heterocycles. The number of amides is 2. The van der Waals surface area contributed by atoms with Gasteiger partial charge in [-0.15, -0.1) is 0 Å². The highest BCUT2D eigenvalue weighted by molar-refractivity contribution is 6.46. The average molecular weight is 570 g/mol. The molecule has 1 aromatic carbocycles. The fourth-order valence-corrected chi connectivity index (χ4v) is 2.90. The Morgan fingerprint density at radius 2 is 1.44 bits per heavy atom. The van der Waals surface area contributed by atoms with Crippen LogP contribution in [-0.4, -0.2) is 76.0 Å². The highest BCUT2D eigenvalue weighted by Gasteiger charge is 2.19. The van der Waals surface area contributed by atoms with Crippen LogP contribution in [0.2, 0.25) is 0 Å². The van der Waals surface area contributed by atoms with Gasteiger partial charge in [-0.25, -0.2) is 24.0 Å². The number of carbonyl (C=O) groups is 4. The second-order valence-electron chi connectivity index (χ2n) is 7.25. The number of aromatic nitrogens is 6. The molecule has 41 heavy (non-hydrogen) atoms. The van der Waals surface area contributed by atoms with Crippen molar-refractivity contribution in [2.24, 2.45) is 5.10 Å². The van der Waals surface area contributed by atoms with E-state index in [1.165, 1.54) is 13.0 Å². The number of alkyl carbamates (subject to hydrolysis) is 1. The van der Waals surface area contributed by atoms with E-state index in [4.69, 9.17) is 0 Å². The number of hydrogen-bond acceptors (Lipinski definition) is 14. The Morgan fingerprint density at radius 3 is 1.85 bits per heavy atom. The number of nitrogens with one attached hydrogen (secondary N) is 4. The molecule has 0 fully saturated rings. The highest BCUT2D eigenvalue weighted by atomic mass is 16.5. The van der Waals surface area contributed by atoms with E-state index < -0.39 is 74.9 Å². The van der Waals surface area contributed by atoms with Crippen molar-refractivity contribution in [1.82, 2.24) is 34.8 Å². The monoisotopic (exact) mass is 570 g/mol. The zero-order chi connectivity index (χ0) is 30.4. The first-order valence-electron chi connectivity index (χ1n) is 10.7. The van der Waals surface area contributed by atoms with Crippen LogP contribution in [0, 0.1) is 11.3 Å². The molecule has 3 aromatic rings. The van der Waals surface area contributed by atoms with Gasteiger partial charge in [0, 0.05) is 0 Å². The van der Waals surface area contributed by atoms with E-state index in [0.29, 0.717) is 9.36 Å². The van der Waals surface area contributed by atoms with Gasteiger partial charge in [-0.05, 0) is 25.1 Å². The third-order valence-corrected chi connectivity index (χ3v) is 4.56. The molecule has 2 amide bonds. The number of hydrogen-bond donors (Lipinski definition) is 6. The van der Waals surface area contributed by atoms with Gasteiger partial charge in [-0.3, -0.25) is 35.1 Å². The summed E-state index contributed by atoms with van der Waals surface area (Å²) in [6.45, 7) is 1.37. The Kier molecular flexibility index (Phi) is 8.28. The molecular formula is C20H14N10O11. The molecule has 0 bridgehead atoms. The molecule has 0 atom stereocenters. The number of carboxylic acids is 2. The number of nitrogens with zero attached hydrogens (tertiary/aromatic N) is 6. The molecule has 0 spiro atoms. The lowest BCUT2D eigenvalue weighted by atomic mass is 10.2. The van der Waals surface area contributed by atoms with E-state index >= 15 is 0 Å². The van der Waals surface area contributed by atoms with Gasteiger partial charge in [-0.2, -0.15) is 29.9 Å². The van der Waals surface area contributed by atoms with Gasteiger partial charge in [0.15, 0.2) is 0 Å². The Bertz CT molecular complexity index is 1800. The van der Waals surface area contributed by atoms with Gasteiger partial charge in [0.2, 0.25) is 17.1 Å². The molecule has 210 valence electrons. The molecule has 6 N–H and O–H groups in total. The van der Waals surface area contributed by atoms with Crippen LogP contribution in [0.1, 0.15) is 27.9 Å². The topological polar surface area (TPSA) is 314 Å². The van der Waals surface area contributed by atoms with E-state index in [1.54, 1.807) is 15.3 Å². The fourth-order valence-electron chi connectivity index (χ4n) is 2.90. The van der Waals surface area contributed by atoms with Gasteiger partial charge >= 0.3 is 29.4 Å². The summed E-state index contributed by atoms with van der Waals surface area (Å²) in [5, 5.41) is 39.8. The summed E-state index contributed by atoms with van der Waals surface area (Å²) >= 11 is 0. The summed E-state index contributed by atoms with van der Waals surface area (Å²) in [6.07, 6.45) is -1.18. The third-order valence-electron chi connectivity index (χ3n) is 4.56. The second-order valence-corrected chi connectivity index (χ2v) is 7.25. The van der Waals surface area contributed by atoms with Crippen molar-refractivity contribution in [2.45, 2.75) is 6.92 Å². The van der Waals surface area contributed by atoms with E-state index in [-0.39, 0.29) is 12.3 Å². The molecule has 0 aliphatic rings. The predicted octanol–water partition coefficient (Wildman–Crippen LogP) is -2.88. The van der Waals surface area contributed by atoms with Crippen LogP contribution in [0.5, 0.6) is 0 Å². The van der Waals surface area contributed by atoms with Crippen molar-refractivity contribution in [3.63, 3.8) is 0 Å². The van der Waals surface area contributed by atoms with Crippen LogP contribution in [0.25, 0.3) is 11.4 Å². The molecule has 3 rings (SSSR count). The standard InChI is InChI=1S/C20H14N10O11/c1-2-41-20(40)24-13(31)10(6-21)26-25-7-3-8(29-18(38)22-14(32)11(27-29)16(34)35)5-9(4-7)30-19(39)23-15(33)12(28-30)17(36)37/h3-5,25H,2H2,1H3,(H,34,35)(H,36,37)(H,22,32,38)(H,23,33,39)(H,24,31,40)/b26-10-. The van der Waals surface area contributed by atoms with Crippen LogP contribution in [0.15, 0.2) is 42.5 Å². The number of H-pyrrole nitrogens is 2. The number of aromatic amines is 2. The largest absolute Gasteiger partial charge is 0.476 e. The number of carboxylic acid groups (broad SMARTS) is 2. The Hall–Kier alpha value is -6.72. The van der Waals surface area contributed by atoms with E-state index in [2.05, 4.69) is 25.5 Å². The summed E-state index contributed by atoms with van der Waals surface area (Å²) in [6, 6.07) is 4.38. The summed E-state index contributed by atoms with van der Waals surface area (Å²) in [4.78, 5) is 98.2. The van der Waals surface area contributed by atoms with Gasteiger partial charge in [-0.1, -0.05) is 0 Å². The first-order chi connectivity index (χ1) is 19.4. The number of imide groups is 1. The number of aromatic carboxylic acids is 2. The third kappa shape index (κ3) is 6.41. The number of anilines is 1. The van der Waals surface area contributed by atoms with Gasteiger partial charge in [0.25, 0.3) is 17.0 Å². The lowest BCUT2D eigenvalue weighted by molar-refractivity contribution is -0.114. The highest BCUT2D eigenvalue weighted by Crippen LogP contribution is 2.19. The molecule has 0 radical (unpaired) electrons. The fraction of sp³-hybridized carbons (Fsp3) is 0.100. The lowest BCUT2D eigenvalue weighted by Gasteiger charge is -2.12. The van der Waals surface area contributed by atoms with E-state index in [1.807, 2.05) is 0 Å². The van der Waals surface area contributed by atoms with Crippen molar-refractivity contribution in [2.75, 3.05) is 12.0 Å². The zero-order valence-electron chi connectivity index (χ0n) is 20.2. The van der Waals surface area contributed by atoms with Crippen molar-refractivity contribution < 1.29 is 34.1 Å².